The zero-order valence-electron chi connectivity index (χ0n) is 15.4. The van der Waals surface area contributed by atoms with E-state index in [2.05, 4.69) is 22.2 Å². The third-order valence-electron chi connectivity index (χ3n) is 4.70. The van der Waals surface area contributed by atoms with Crippen LogP contribution in [0.15, 0.2) is 65.0 Å². The number of amidine groups is 1. The molecule has 0 fully saturated rings. The molecular weight excluding hydrogens is 388 g/mol. The fraction of sp³-hybridized carbons (Fsp3) is 0.190. The largest absolute Gasteiger partial charge is 0.379 e. The first-order valence-electron chi connectivity index (χ1n) is 8.94. The number of rotatable bonds is 4. The van der Waals surface area contributed by atoms with E-state index in [0.29, 0.717) is 10.9 Å². The Bertz CT molecular complexity index is 1030. The van der Waals surface area contributed by atoms with Gasteiger partial charge in [0.25, 0.3) is 5.91 Å². The van der Waals surface area contributed by atoms with Crippen molar-refractivity contribution in [3.8, 4) is 10.6 Å². The first kappa shape index (κ1) is 18.7. The summed E-state index contributed by atoms with van der Waals surface area (Å²) in [6, 6.07) is 17.6. The maximum absolute atomic E-state index is 12.7. The molecule has 2 heterocycles. The molecule has 2 aromatic carbocycles. The van der Waals surface area contributed by atoms with Gasteiger partial charge in [0.2, 0.25) is 0 Å². The van der Waals surface area contributed by atoms with Gasteiger partial charge in [-0.25, -0.2) is 4.98 Å². The number of benzene rings is 2. The summed E-state index contributed by atoms with van der Waals surface area (Å²) in [4.78, 5) is 21.8. The summed E-state index contributed by atoms with van der Waals surface area (Å²) in [7, 11) is 0. The molecule has 1 amide bonds. The van der Waals surface area contributed by atoms with Crippen molar-refractivity contribution in [2.24, 2.45) is 10.7 Å². The Hall–Kier alpha value is -2.64. The highest BCUT2D eigenvalue weighted by molar-refractivity contribution is 8.13. The fourth-order valence-corrected chi connectivity index (χ4v) is 4.89. The number of amides is 1. The first-order valence-corrected chi connectivity index (χ1v) is 10.8. The summed E-state index contributed by atoms with van der Waals surface area (Å²) in [5, 5.41) is 6.18. The number of hydrogen-bond donors (Lipinski definition) is 2. The molecule has 28 heavy (non-hydrogen) atoms. The van der Waals surface area contributed by atoms with Gasteiger partial charge in [-0.05, 0) is 31.0 Å². The average molecular weight is 409 g/mol. The molecule has 1 aliphatic rings. The number of anilines is 1. The fourth-order valence-electron chi connectivity index (χ4n) is 3.11. The molecule has 0 saturated carbocycles. The van der Waals surface area contributed by atoms with Gasteiger partial charge in [-0.3, -0.25) is 9.79 Å². The molecule has 0 saturated heterocycles. The van der Waals surface area contributed by atoms with Gasteiger partial charge in [0.15, 0.2) is 5.17 Å². The number of hydrogen-bond acceptors (Lipinski definition) is 6. The molecule has 0 bridgehead atoms. The number of nitrogens with zero attached hydrogens (tertiary/aromatic N) is 2. The highest BCUT2D eigenvalue weighted by Gasteiger charge is 2.29. The van der Waals surface area contributed by atoms with Crippen LogP contribution in [0.25, 0.3) is 10.6 Å². The van der Waals surface area contributed by atoms with E-state index in [4.69, 9.17) is 5.73 Å². The van der Waals surface area contributed by atoms with Crippen molar-refractivity contribution in [1.82, 2.24) is 4.98 Å². The summed E-state index contributed by atoms with van der Waals surface area (Å²) in [5.74, 6) is 0.715. The number of nitrogens with one attached hydrogen (secondary N) is 1. The van der Waals surface area contributed by atoms with Crippen molar-refractivity contribution >= 4 is 39.9 Å². The van der Waals surface area contributed by atoms with E-state index < -0.39 is 0 Å². The zero-order chi connectivity index (χ0) is 19.6. The number of thiazole rings is 1. The molecule has 1 unspecified atom stereocenters. The molecule has 1 atom stereocenters. The third-order valence-corrected chi connectivity index (χ3v) is 6.38. The van der Waals surface area contributed by atoms with Crippen molar-refractivity contribution < 1.29 is 4.79 Å². The first-order chi connectivity index (χ1) is 13.5. The topological polar surface area (TPSA) is 80.4 Å². The number of aromatic nitrogens is 1. The van der Waals surface area contributed by atoms with Crippen LogP contribution in [0.2, 0.25) is 0 Å². The van der Waals surface area contributed by atoms with Crippen LogP contribution in [0, 0.1) is 0 Å². The Morgan fingerprint density at radius 2 is 2.00 bits per heavy atom. The standard InChI is InChI=1S/C21H20N4OS2/c1-21(10-11-27-20(22)25-21)15-8-5-9-16(12-15)23-18(26)17-13-28-19(24-17)14-6-3-2-4-7-14/h2-9,12-13H,10-11H2,1H3,(H2,22,25)(H,23,26). The minimum atomic E-state index is -0.364. The predicted molar refractivity (Wildman–Crippen MR) is 118 cm³/mol. The average Bonchev–Trinajstić information content (AvgIpc) is 3.19. The summed E-state index contributed by atoms with van der Waals surface area (Å²) >= 11 is 3.04. The minimum Gasteiger partial charge on any atom is -0.379 e. The quantitative estimate of drug-likeness (QED) is 0.654. The predicted octanol–water partition coefficient (Wildman–Crippen LogP) is 4.73. The second kappa shape index (κ2) is 7.77. The lowest BCUT2D eigenvalue weighted by molar-refractivity contribution is 0.102. The second-order valence-electron chi connectivity index (χ2n) is 6.76. The van der Waals surface area contributed by atoms with Crippen LogP contribution in [-0.4, -0.2) is 21.8 Å². The van der Waals surface area contributed by atoms with Crippen molar-refractivity contribution in [2.45, 2.75) is 18.9 Å². The van der Waals surface area contributed by atoms with Gasteiger partial charge in [-0.2, -0.15) is 0 Å². The highest BCUT2D eigenvalue weighted by Crippen LogP contribution is 2.36. The number of nitrogens with two attached hydrogens (primary N) is 1. The molecule has 3 N–H and O–H groups in total. The van der Waals surface area contributed by atoms with Crippen LogP contribution in [0.5, 0.6) is 0 Å². The Morgan fingerprint density at radius 1 is 1.18 bits per heavy atom. The van der Waals surface area contributed by atoms with E-state index in [1.54, 1.807) is 17.1 Å². The number of thioether (sulfide) groups is 1. The Labute approximate surface area is 172 Å². The molecule has 142 valence electrons. The number of carbonyl (C=O) groups excluding carboxylic acids is 1. The van der Waals surface area contributed by atoms with Gasteiger partial charge < -0.3 is 11.1 Å². The van der Waals surface area contributed by atoms with E-state index in [9.17, 15) is 4.79 Å². The summed E-state index contributed by atoms with van der Waals surface area (Å²) in [6.45, 7) is 2.08. The molecule has 3 aromatic rings. The van der Waals surface area contributed by atoms with Crippen molar-refractivity contribution in [3.63, 3.8) is 0 Å². The van der Waals surface area contributed by atoms with Gasteiger partial charge in [-0.15, -0.1) is 11.3 Å². The van der Waals surface area contributed by atoms with Crippen LogP contribution in [0.1, 0.15) is 29.4 Å². The Balaban J connectivity index is 1.53. The summed E-state index contributed by atoms with van der Waals surface area (Å²) < 4.78 is 0. The van der Waals surface area contributed by atoms with E-state index in [1.165, 1.54) is 11.3 Å². The van der Waals surface area contributed by atoms with Gasteiger partial charge in [0, 0.05) is 22.4 Å². The molecule has 7 heteroatoms. The van der Waals surface area contributed by atoms with Crippen molar-refractivity contribution in [1.29, 1.82) is 0 Å². The van der Waals surface area contributed by atoms with Gasteiger partial charge in [-0.1, -0.05) is 54.2 Å². The Kier molecular flexibility index (Phi) is 5.19. The minimum absolute atomic E-state index is 0.219. The monoisotopic (exact) mass is 408 g/mol. The molecule has 0 radical (unpaired) electrons. The molecule has 1 aromatic heterocycles. The highest BCUT2D eigenvalue weighted by atomic mass is 32.2. The van der Waals surface area contributed by atoms with Gasteiger partial charge in [0.05, 0.1) is 5.54 Å². The van der Waals surface area contributed by atoms with Crippen molar-refractivity contribution in [2.75, 3.05) is 11.1 Å². The summed E-state index contributed by atoms with van der Waals surface area (Å²) in [5.41, 5.74) is 8.75. The lowest BCUT2D eigenvalue weighted by Gasteiger charge is -2.30. The number of aliphatic imine (C=N–C) groups is 1. The van der Waals surface area contributed by atoms with Crippen molar-refractivity contribution in [3.05, 3.63) is 71.2 Å². The second-order valence-corrected chi connectivity index (χ2v) is 8.73. The molecule has 1 aliphatic heterocycles. The molecule has 0 spiro atoms. The third kappa shape index (κ3) is 3.95. The molecule has 5 nitrogen and oxygen atoms in total. The van der Waals surface area contributed by atoms with E-state index in [1.807, 2.05) is 54.6 Å². The van der Waals surface area contributed by atoms with E-state index >= 15 is 0 Å². The van der Waals surface area contributed by atoms with Crippen LogP contribution in [0.3, 0.4) is 0 Å². The molecule has 0 aliphatic carbocycles. The van der Waals surface area contributed by atoms with Crippen LogP contribution >= 0.6 is 23.1 Å². The van der Waals surface area contributed by atoms with Gasteiger partial charge in [0.1, 0.15) is 10.7 Å². The van der Waals surface area contributed by atoms with Crippen LogP contribution in [0.4, 0.5) is 5.69 Å². The lowest BCUT2D eigenvalue weighted by atomic mass is 9.89. The Morgan fingerprint density at radius 3 is 2.79 bits per heavy atom. The van der Waals surface area contributed by atoms with Crippen LogP contribution < -0.4 is 11.1 Å². The number of carbonyl (C=O) groups is 1. The molecular formula is C21H20N4OS2. The SMILES string of the molecule is CC1(c2cccc(NC(=O)c3csc(-c4ccccc4)n3)c2)CCSC(N)=N1. The van der Waals surface area contributed by atoms with E-state index in [0.717, 1.165) is 34.0 Å². The van der Waals surface area contributed by atoms with Crippen LogP contribution in [-0.2, 0) is 5.54 Å². The van der Waals surface area contributed by atoms with E-state index in [-0.39, 0.29) is 11.4 Å². The zero-order valence-corrected chi connectivity index (χ0v) is 17.0. The van der Waals surface area contributed by atoms with Gasteiger partial charge >= 0.3 is 0 Å². The summed E-state index contributed by atoms with van der Waals surface area (Å²) in [6.07, 6.45) is 0.905. The lowest BCUT2D eigenvalue weighted by Crippen LogP contribution is -2.28. The molecule has 4 rings (SSSR count). The normalized spacial score (nSPS) is 19.1. The smallest absolute Gasteiger partial charge is 0.275 e. The maximum atomic E-state index is 12.7. The maximum Gasteiger partial charge on any atom is 0.275 e.